The fraction of sp³-hybridized carbons (Fsp3) is 0.929. The highest BCUT2D eigenvalue weighted by Crippen LogP contribution is 2.09. The van der Waals surface area contributed by atoms with Gasteiger partial charge in [0.1, 0.15) is 0 Å². The molecule has 0 aliphatic carbocycles. The van der Waals surface area contributed by atoms with Crippen molar-refractivity contribution in [2.45, 2.75) is 52.5 Å². The Morgan fingerprint density at radius 2 is 1.72 bits per heavy atom. The van der Waals surface area contributed by atoms with Crippen LogP contribution in [0.25, 0.3) is 0 Å². The normalized spacial score (nSPS) is 20.0. The van der Waals surface area contributed by atoms with Crippen molar-refractivity contribution in [3.8, 4) is 0 Å². The zero-order chi connectivity index (χ0) is 13.4. The summed E-state index contributed by atoms with van der Waals surface area (Å²) in [5, 5.41) is 0. The molecule has 2 N–H and O–H groups in total. The van der Waals surface area contributed by atoms with E-state index >= 15 is 0 Å². The molecule has 0 saturated carbocycles. The number of aliphatic imine (C=N–C) groups is 1. The van der Waals surface area contributed by atoms with Crippen LogP contribution >= 0.6 is 0 Å². The molecule has 1 unspecified atom stereocenters. The molecule has 0 aromatic carbocycles. The van der Waals surface area contributed by atoms with Crippen molar-refractivity contribution in [1.82, 2.24) is 9.80 Å². The zero-order valence-electron chi connectivity index (χ0n) is 12.4. The Kier molecular flexibility index (Phi) is 7.09. The van der Waals surface area contributed by atoms with E-state index in [0.29, 0.717) is 6.04 Å². The average molecular weight is 254 g/mol. The molecule has 106 valence electrons. The molecule has 1 saturated heterocycles. The molecule has 1 aliphatic rings. The Hall–Kier alpha value is -0.770. The van der Waals surface area contributed by atoms with Gasteiger partial charge in [-0.2, -0.15) is 0 Å². The van der Waals surface area contributed by atoms with Gasteiger partial charge in [-0.3, -0.25) is 9.89 Å². The molecule has 1 heterocycles. The van der Waals surface area contributed by atoms with Crippen molar-refractivity contribution >= 4 is 5.96 Å². The first-order chi connectivity index (χ1) is 8.69. The molecule has 0 amide bonds. The predicted octanol–water partition coefficient (Wildman–Crippen LogP) is 1.91. The second-order valence-corrected chi connectivity index (χ2v) is 5.17. The Morgan fingerprint density at radius 1 is 1.17 bits per heavy atom. The van der Waals surface area contributed by atoms with Crippen LogP contribution in [0.2, 0.25) is 0 Å². The van der Waals surface area contributed by atoms with E-state index in [-0.39, 0.29) is 0 Å². The summed E-state index contributed by atoms with van der Waals surface area (Å²) >= 11 is 0. The minimum absolute atomic E-state index is 0.477. The van der Waals surface area contributed by atoms with E-state index in [4.69, 9.17) is 5.73 Å². The van der Waals surface area contributed by atoms with Crippen molar-refractivity contribution in [2.75, 3.05) is 32.7 Å². The van der Waals surface area contributed by atoms with E-state index in [1.165, 1.54) is 25.7 Å². The molecule has 0 spiro atoms. The maximum Gasteiger partial charge on any atom is 0.191 e. The lowest BCUT2D eigenvalue weighted by Gasteiger charge is -2.26. The van der Waals surface area contributed by atoms with Crippen molar-refractivity contribution in [2.24, 2.45) is 10.7 Å². The van der Waals surface area contributed by atoms with Crippen LogP contribution in [-0.2, 0) is 0 Å². The molecule has 1 atom stereocenters. The van der Waals surface area contributed by atoms with Gasteiger partial charge in [0.15, 0.2) is 5.96 Å². The second-order valence-electron chi connectivity index (χ2n) is 5.17. The number of hydrogen-bond donors (Lipinski definition) is 1. The summed E-state index contributed by atoms with van der Waals surface area (Å²) in [6, 6.07) is 0.477. The lowest BCUT2D eigenvalue weighted by atomic mass is 10.2. The highest BCUT2D eigenvalue weighted by molar-refractivity contribution is 5.78. The van der Waals surface area contributed by atoms with Gasteiger partial charge in [0.25, 0.3) is 0 Å². The predicted molar refractivity (Wildman–Crippen MR) is 78.9 cm³/mol. The smallest absolute Gasteiger partial charge is 0.191 e. The van der Waals surface area contributed by atoms with Gasteiger partial charge in [-0.05, 0) is 32.9 Å². The lowest BCUT2D eigenvalue weighted by Crippen LogP contribution is -2.40. The first-order valence-electron chi connectivity index (χ1n) is 7.48. The third-order valence-corrected chi connectivity index (χ3v) is 3.88. The molecule has 4 heteroatoms. The van der Waals surface area contributed by atoms with E-state index in [1.54, 1.807) is 0 Å². The maximum absolute atomic E-state index is 6.11. The van der Waals surface area contributed by atoms with Crippen LogP contribution < -0.4 is 5.73 Å². The number of hydrogen-bond acceptors (Lipinski definition) is 2. The van der Waals surface area contributed by atoms with Crippen molar-refractivity contribution in [3.05, 3.63) is 0 Å². The van der Waals surface area contributed by atoms with Gasteiger partial charge >= 0.3 is 0 Å². The molecule has 4 nitrogen and oxygen atoms in total. The van der Waals surface area contributed by atoms with E-state index in [9.17, 15) is 0 Å². The summed E-state index contributed by atoms with van der Waals surface area (Å²) < 4.78 is 0. The number of likely N-dealkylation sites (tertiary alicyclic amines) is 1. The largest absolute Gasteiger partial charge is 0.370 e. The van der Waals surface area contributed by atoms with Gasteiger partial charge in [0.05, 0.1) is 6.54 Å². The van der Waals surface area contributed by atoms with Crippen LogP contribution in [0.15, 0.2) is 4.99 Å². The summed E-state index contributed by atoms with van der Waals surface area (Å²) in [5.74, 6) is 0.746. The molecule has 0 aromatic rings. The maximum atomic E-state index is 6.11. The van der Waals surface area contributed by atoms with Crippen LogP contribution in [0.5, 0.6) is 0 Å². The second kappa shape index (κ2) is 8.35. The van der Waals surface area contributed by atoms with Gasteiger partial charge in [0, 0.05) is 19.1 Å². The number of nitrogens with two attached hydrogens (primary N) is 1. The van der Waals surface area contributed by atoms with Crippen molar-refractivity contribution < 1.29 is 0 Å². The molecule has 1 rings (SSSR count). The molecular formula is C14H30N4. The molecule has 1 fully saturated rings. The number of nitrogens with zero attached hydrogens (tertiary/aromatic N) is 3. The zero-order valence-corrected chi connectivity index (χ0v) is 12.4. The van der Waals surface area contributed by atoms with E-state index in [1.807, 2.05) is 0 Å². The van der Waals surface area contributed by atoms with Gasteiger partial charge in [0.2, 0.25) is 0 Å². The number of guanidine groups is 1. The quantitative estimate of drug-likeness (QED) is 0.602. The molecule has 0 radical (unpaired) electrons. The van der Waals surface area contributed by atoms with Crippen LogP contribution in [-0.4, -0.2) is 54.5 Å². The number of likely N-dealkylation sites (N-methyl/N-ethyl adjacent to an activating group) is 1. The minimum atomic E-state index is 0.477. The van der Waals surface area contributed by atoms with Gasteiger partial charge in [-0.1, -0.05) is 26.7 Å². The van der Waals surface area contributed by atoms with Crippen LogP contribution in [0.3, 0.4) is 0 Å². The Morgan fingerprint density at radius 3 is 2.22 bits per heavy atom. The Labute approximate surface area is 112 Å². The van der Waals surface area contributed by atoms with Gasteiger partial charge < -0.3 is 10.6 Å². The van der Waals surface area contributed by atoms with E-state index in [0.717, 1.165) is 38.7 Å². The van der Waals surface area contributed by atoms with Crippen molar-refractivity contribution in [3.63, 3.8) is 0 Å². The fourth-order valence-corrected chi connectivity index (χ4v) is 2.59. The van der Waals surface area contributed by atoms with E-state index < -0.39 is 0 Å². The van der Waals surface area contributed by atoms with Crippen LogP contribution in [0, 0.1) is 0 Å². The SMILES string of the molecule is CCN(CC)C(C)CN=C(N)N1CCCCCC1. The Balaban J connectivity index is 2.44. The first kappa shape index (κ1) is 15.3. The molecule has 0 bridgehead atoms. The molecule has 18 heavy (non-hydrogen) atoms. The van der Waals surface area contributed by atoms with E-state index in [2.05, 4.69) is 35.6 Å². The standard InChI is InChI=1S/C14H30N4/c1-4-17(5-2)13(3)12-16-14(15)18-10-8-6-7-9-11-18/h13H,4-12H2,1-3H3,(H2,15,16). The summed E-state index contributed by atoms with van der Waals surface area (Å²) in [5.41, 5.74) is 6.11. The topological polar surface area (TPSA) is 44.9 Å². The minimum Gasteiger partial charge on any atom is -0.370 e. The molecular weight excluding hydrogens is 224 g/mol. The monoisotopic (exact) mass is 254 g/mol. The third-order valence-electron chi connectivity index (χ3n) is 3.88. The van der Waals surface area contributed by atoms with Crippen LogP contribution in [0.1, 0.15) is 46.5 Å². The Bertz CT molecular complexity index is 240. The third kappa shape index (κ3) is 4.84. The summed E-state index contributed by atoms with van der Waals surface area (Å²) in [7, 11) is 0. The fourth-order valence-electron chi connectivity index (χ4n) is 2.59. The van der Waals surface area contributed by atoms with Crippen LogP contribution in [0.4, 0.5) is 0 Å². The van der Waals surface area contributed by atoms with Crippen molar-refractivity contribution in [1.29, 1.82) is 0 Å². The first-order valence-corrected chi connectivity index (χ1v) is 7.48. The summed E-state index contributed by atoms with van der Waals surface area (Å²) in [6.07, 6.45) is 5.17. The highest BCUT2D eigenvalue weighted by atomic mass is 15.3. The lowest BCUT2D eigenvalue weighted by molar-refractivity contribution is 0.236. The average Bonchev–Trinajstić information content (AvgIpc) is 2.66. The highest BCUT2D eigenvalue weighted by Gasteiger charge is 2.13. The molecule has 0 aromatic heterocycles. The van der Waals surface area contributed by atoms with Gasteiger partial charge in [-0.25, -0.2) is 0 Å². The van der Waals surface area contributed by atoms with Gasteiger partial charge in [-0.15, -0.1) is 0 Å². The summed E-state index contributed by atoms with van der Waals surface area (Å²) in [6.45, 7) is 11.7. The number of rotatable bonds is 5. The molecule has 1 aliphatic heterocycles. The summed E-state index contributed by atoms with van der Waals surface area (Å²) in [4.78, 5) is 9.25.